The highest BCUT2D eigenvalue weighted by Gasteiger charge is 2.14. The van der Waals surface area contributed by atoms with Crippen LogP contribution in [0, 0.1) is 0 Å². The molecule has 1 unspecified atom stereocenters. The monoisotopic (exact) mass is 280 g/mol. The standard InChI is InChI=1S/C16H16N4O/c1-10(13-4-2-3-7-18-13)19-16(21)15-9-11-8-12(17)5-6-14(11)20-15/h2-10,20H,17H2,1H3,(H,19,21). The van der Waals surface area contributed by atoms with E-state index < -0.39 is 0 Å². The smallest absolute Gasteiger partial charge is 0.268 e. The number of aromatic nitrogens is 2. The number of amides is 1. The van der Waals surface area contributed by atoms with E-state index in [1.807, 2.05) is 37.3 Å². The fraction of sp³-hybridized carbons (Fsp3) is 0.125. The molecule has 0 aliphatic rings. The minimum atomic E-state index is -0.164. The molecule has 5 nitrogen and oxygen atoms in total. The summed E-state index contributed by atoms with van der Waals surface area (Å²) in [5.74, 6) is -0.164. The maximum Gasteiger partial charge on any atom is 0.268 e. The second kappa shape index (κ2) is 5.28. The summed E-state index contributed by atoms with van der Waals surface area (Å²) in [4.78, 5) is 19.6. The average molecular weight is 280 g/mol. The second-order valence-corrected chi connectivity index (χ2v) is 4.98. The van der Waals surface area contributed by atoms with Gasteiger partial charge < -0.3 is 16.0 Å². The molecule has 106 valence electrons. The van der Waals surface area contributed by atoms with Crippen LogP contribution >= 0.6 is 0 Å². The van der Waals surface area contributed by atoms with Crippen molar-refractivity contribution >= 4 is 22.5 Å². The third kappa shape index (κ3) is 2.72. The van der Waals surface area contributed by atoms with Crippen molar-refractivity contribution < 1.29 is 4.79 Å². The quantitative estimate of drug-likeness (QED) is 0.645. The lowest BCUT2D eigenvalue weighted by Gasteiger charge is -2.12. The van der Waals surface area contributed by atoms with E-state index >= 15 is 0 Å². The topological polar surface area (TPSA) is 83.8 Å². The lowest BCUT2D eigenvalue weighted by atomic mass is 10.2. The number of nitrogens with two attached hydrogens (primary N) is 1. The number of nitrogen functional groups attached to an aromatic ring is 1. The molecular weight excluding hydrogens is 264 g/mol. The Labute approximate surface area is 122 Å². The highest BCUT2D eigenvalue weighted by molar-refractivity contribution is 5.98. The summed E-state index contributed by atoms with van der Waals surface area (Å²) < 4.78 is 0. The van der Waals surface area contributed by atoms with Crippen LogP contribution in [0.4, 0.5) is 5.69 Å². The summed E-state index contributed by atoms with van der Waals surface area (Å²) in [6, 6.07) is 12.8. The van der Waals surface area contributed by atoms with E-state index in [0.717, 1.165) is 16.6 Å². The van der Waals surface area contributed by atoms with Crippen molar-refractivity contribution in [1.82, 2.24) is 15.3 Å². The molecule has 0 spiro atoms. The number of nitrogens with zero attached hydrogens (tertiary/aromatic N) is 1. The van der Waals surface area contributed by atoms with Gasteiger partial charge in [0.25, 0.3) is 5.91 Å². The Hall–Kier alpha value is -2.82. The van der Waals surface area contributed by atoms with Crippen molar-refractivity contribution in [2.45, 2.75) is 13.0 Å². The zero-order chi connectivity index (χ0) is 14.8. The van der Waals surface area contributed by atoms with Gasteiger partial charge in [-0.05, 0) is 43.3 Å². The molecule has 21 heavy (non-hydrogen) atoms. The van der Waals surface area contributed by atoms with Crippen LogP contribution < -0.4 is 11.1 Å². The summed E-state index contributed by atoms with van der Waals surface area (Å²) in [7, 11) is 0. The minimum absolute atomic E-state index is 0.157. The predicted octanol–water partition coefficient (Wildman–Crippen LogP) is 2.64. The Morgan fingerprint density at radius 1 is 1.29 bits per heavy atom. The van der Waals surface area contributed by atoms with Crippen molar-refractivity contribution in [3.05, 3.63) is 60.0 Å². The Balaban J connectivity index is 1.80. The molecule has 2 heterocycles. The first-order valence-corrected chi connectivity index (χ1v) is 6.73. The van der Waals surface area contributed by atoms with Crippen LogP contribution in [0.15, 0.2) is 48.7 Å². The van der Waals surface area contributed by atoms with E-state index in [1.54, 1.807) is 18.3 Å². The predicted molar refractivity (Wildman–Crippen MR) is 82.8 cm³/mol. The molecule has 1 aromatic carbocycles. The van der Waals surface area contributed by atoms with Gasteiger partial charge >= 0.3 is 0 Å². The lowest BCUT2D eigenvalue weighted by molar-refractivity contribution is 0.0935. The number of benzene rings is 1. The first-order valence-electron chi connectivity index (χ1n) is 6.73. The average Bonchev–Trinajstić information content (AvgIpc) is 2.91. The van der Waals surface area contributed by atoms with Crippen LogP contribution in [0.25, 0.3) is 10.9 Å². The third-order valence-electron chi connectivity index (χ3n) is 3.37. The molecule has 0 bridgehead atoms. The number of fused-ring (bicyclic) bond motifs is 1. The first-order chi connectivity index (χ1) is 10.1. The van der Waals surface area contributed by atoms with Crippen molar-refractivity contribution in [1.29, 1.82) is 0 Å². The molecular formula is C16H16N4O. The number of rotatable bonds is 3. The van der Waals surface area contributed by atoms with Crippen molar-refractivity contribution in [2.24, 2.45) is 0 Å². The van der Waals surface area contributed by atoms with Gasteiger partial charge in [0.2, 0.25) is 0 Å². The molecule has 0 aliphatic heterocycles. The number of pyridine rings is 1. The fourth-order valence-corrected chi connectivity index (χ4v) is 2.25. The zero-order valence-corrected chi connectivity index (χ0v) is 11.6. The number of carbonyl (C=O) groups excluding carboxylic acids is 1. The molecule has 1 atom stereocenters. The number of nitrogens with one attached hydrogen (secondary N) is 2. The molecule has 2 aromatic heterocycles. The number of H-pyrrole nitrogens is 1. The fourth-order valence-electron chi connectivity index (χ4n) is 2.25. The SMILES string of the molecule is CC(NC(=O)c1cc2cc(N)ccc2[nH]1)c1ccccn1. The van der Waals surface area contributed by atoms with Gasteiger partial charge in [-0.25, -0.2) is 0 Å². The molecule has 5 heteroatoms. The van der Waals surface area contributed by atoms with Gasteiger partial charge in [0, 0.05) is 22.8 Å². The van der Waals surface area contributed by atoms with Gasteiger partial charge in [-0.3, -0.25) is 9.78 Å². The van der Waals surface area contributed by atoms with Gasteiger partial charge in [-0.1, -0.05) is 6.07 Å². The lowest BCUT2D eigenvalue weighted by Crippen LogP contribution is -2.27. The summed E-state index contributed by atoms with van der Waals surface area (Å²) in [5, 5.41) is 3.85. The van der Waals surface area contributed by atoms with Crippen LogP contribution in [-0.4, -0.2) is 15.9 Å². The Kier molecular flexibility index (Phi) is 3.31. The van der Waals surface area contributed by atoms with Crippen LogP contribution in [-0.2, 0) is 0 Å². The first kappa shape index (κ1) is 13.2. The molecule has 0 saturated heterocycles. The summed E-state index contributed by atoms with van der Waals surface area (Å²) in [5.41, 5.74) is 8.65. The van der Waals surface area contributed by atoms with Gasteiger partial charge in [0.05, 0.1) is 11.7 Å². The normalized spacial score (nSPS) is 12.2. The van der Waals surface area contributed by atoms with Gasteiger partial charge in [-0.15, -0.1) is 0 Å². The third-order valence-corrected chi connectivity index (χ3v) is 3.37. The molecule has 0 fully saturated rings. The summed E-state index contributed by atoms with van der Waals surface area (Å²) >= 11 is 0. The van der Waals surface area contributed by atoms with Crippen molar-refractivity contribution in [3.63, 3.8) is 0 Å². The van der Waals surface area contributed by atoms with Crippen molar-refractivity contribution in [2.75, 3.05) is 5.73 Å². The molecule has 3 aromatic rings. The summed E-state index contributed by atoms with van der Waals surface area (Å²) in [6.07, 6.45) is 1.71. The number of aromatic amines is 1. The molecule has 0 aliphatic carbocycles. The molecule has 4 N–H and O–H groups in total. The van der Waals surface area contributed by atoms with Gasteiger partial charge in [-0.2, -0.15) is 0 Å². The maximum absolute atomic E-state index is 12.3. The van der Waals surface area contributed by atoms with E-state index in [4.69, 9.17) is 5.73 Å². The molecule has 3 rings (SSSR count). The summed E-state index contributed by atoms with van der Waals surface area (Å²) in [6.45, 7) is 1.90. The highest BCUT2D eigenvalue weighted by atomic mass is 16.1. The minimum Gasteiger partial charge on any atom is -0.399 e. The van der Waals surface area contributed by atoms with Crippen LogP contribution in [0.3, 0.4) is 0 Å². The molecule has 0 saturated carbocycles. The Bertz CT molecular complexity index is 779. The number of anilines is 1. The Morgan fingerprint density at radius 3 is 2.90 bits per heavy atom. The molecule has 1 amide bonds. The van der Waals surface area contributed by atoms with E-state index in [0.29, 0.717) is 11.4 Å². The van der Waals surface area contributed by atoms with E-state index in [1.165, 1.54) is 0 Å². The number of hydrogen-bond acceptors (Lipinski definition) is 3. The molecule has 0 radical (unpaired) electrons. The highest BCUT2D eigenvalue weighted by Crippen LogP contribution is 2.19. The maximum atomic E-state index is 12.3. The van der Waals surface area contributed by atoms with E-state index in [2.05, 4.69) is 15.3 Å². The number of carbonyl (C=O) groups is 1. The van der Waals surface area contributed by atoms with Gasteiger partial charge in [0.15, 0.2) is 0 Å². The Morgan fingerprint density at radius 2 is 2.14 bits per heavy atom. The van der Waals surface area contributed by atoms with E-state index in [-0.39, 0.29) is 11.9 Å². The van der Waals surface area contributed by atoms with Gasteiger partial charge in [0.1, 0.15) is 5.69 Å². The van der Waals surface area contributed by atoms with E-state index in [9.17, 15) is 4.79 Å². The van der Waals surface area contributed by atoms with Crippen molar-refractivity contribution in [3.8, 4) is 0 Å². The zero-order valence-electron chi connectivity index (χ0n) is 11.6. The van der Waals surface area contributed by atoms with Crippen LogP contribution in [0.1, 0.15) is 29.1 Å². The second-order valence-electron chi connectivity index (χ2n) is 4.98. The largest absolute Gasteiger partial charge is 0.399 e. The number of hydrogen-bond donors (Lipinski definition) is 3. The van der Waals surface area contributed by atoms with Crippen LogP contribution in [0.2, 0.25) is 0 Å². The van der Waals surface area contributed by atoms with Crippen LogP contribution in [0.5, 0.6) is 0 Å².